The van der Waals surface area contributed by atoms with Crippen LogP contribution in [0.4, 0.5) is 0 Å². The monoisotopic (exact) mass is 324 g/mol. The molecule has 0 heterocycles. The second-order valence-electron chi connectivity index (χ2n) is 5.49. The van der Waals surface area contributed by atoms with Crippen molar-refractivity contribution in [1.29, 1.82) is 0 Å². The first-order valence-corrected chi connectivity index (χ1v) is 7.67. The molecule has 1 aromatic rings. The molecule has 0 aliphatic heterocycles. The molecule has 1 aromatic carbocycles. The van der Waals surface area contributed by atoms with Crippen LogP contribution in [-0.4, -0.2) is 11.9 Å². The third kappa shape index (κ3) is 4.56. The fraction of sp³-hybridized carbons (Fsp3) is 0.200. The first-order chi connectivity index (χ1) is 11.5. The Kier molecular flexibility index (Phi) is 5.90. The maximum absolute atomic E-state index is 11.3. The molecule has 4 nitrogen and oxygen atoms in total. The third-order valence-electron chi connectivity index (χ3n) is 3.72. The number of carbonyl (C=O) groups is 2. The minimum atomic E-state index is -0.441. The number of hydrogen-bond donors (Lipinski definition) is 0. The molecule has 2 rings (SSSR count). The first-order valence-electron chi connectivity index (χ1n) is 7.67. The van der Waals surface area contributed by atoms with Gasteiger partial charge in [0, 0.05) is 18.6 Å². The molecule has 0 radical (unpaired) electrons. The highest BCUT2D eigenvalue weighted by molar-refractivity contribution is 5.82. The molecule has 24 heavy (non-hydrogen) atoms. The third-order valence-corrected chi connectivity index (χ3v) is 3.72. The van der Waals surface area contributed by atoms with Crippen LogP contribution in [0.25, 0.3) is 5.57 Å². The molecule has 1 atom stereocenters. The van der Waals surface area contributed by atoms with Crippen molar-refractivity contribution < 1.29 is 19.1 Å². The van der Waals surface area contributed by atoms with Crippen molar-refractivity contribution in [3.05, 3.63) is 78.6 Å². The Balaban J connectivity index is 2.08. The van der Waals surface area contributed by atoms with Gasteiger partial charge in [-0.3, -0.25) is 0 Å². The van der Waals surface area contributed by atoms with E-state index < -0.39 is 11.9 Å². The van der Waals surface area contributed by atoms with Crippen molar-refractivity contribution in [3.63, 3.8) is 0 Å². The predicted molar refractivity (Wildman–Crippen MR) is 92.6 cm³/mol. The van der Waals surface area contributed by atoms with Crippen LogP contribution in [0.5, 0.6) is 0 Å². The maximum atomic E-state index is 11.3. The lowest BCUT2D eigenvalue weighted by Crippen LogP contribution is -2.09. The largest absolute Gasteiger partial charge is 0.458 e. The van der Waals surface area contributed by atoms with Crippen molar-refractivity contribution in [2.24, 2.45) is 5.92 Å². The molecule has 1 unspecified atom stereocenters. The zero-order valence-electron chi connectivity index (χ0n) is 13.7. The zero-order valence-corrected chi connectivity index (χ0v) is 13.7. The van der Waals surface area contributed by atoms with Crippen LogP contribution in [-0.2, 0) is 25.7 Å². The Morgan fingerprint density at radius 1 is 1.12 bits per heavy atom. The number of ether oxygens (including phenoxy) is 2. The number of rotatable bonds is 6. The first kappa shape index (κ1) is 17.5. The van der Waals surface area contributed by atoms with Crippen molar-refractivity contribution in [3.8, 4) is 0 Å². The van der Waals surface area contributed by atoms with Gasteiger partial charge in [-0.15, -0.1) is 0 Å². The molecule has 0 aromatic heterocycles. The predicted octanol–water partition coefficient (Wildman–Crippen LogP) is 3.95. The quantitative estimate of drug-likeness (QED) is 0.587. The Bertz CT molecular complexity index is 708. The summed E-state index contributed by atoms with van der Waals surface area (Å²) in [7, 11) is 0. The second-order valence-corrected chi connectivity index (χ2v) is 5.49. The SMILES string of the molecule is C=CC(=O)OCc1ccc(C2=CC=C(OC(=O)C=C)CC2C)cc1. The topological polar surface area (TPSA) is 52.6 Å². The van der Waals surface area contributed by atoms with E-state index in [0.29, 0.717) is 12.2 Å². The Morgan fingerprint density at radius 3 is 2.38 bits per heavy atom. The van der Waals surface area contributed by atoms with E-state index in [1.54, 1.807) is 0 Å². The summed E-state index contributed by atoms with van der Waals surface area (Å²) in [5, 5.41) is 0. The van der Waals surface area contributed by atoms with Crippen molar-refractivity contribution >= 4 is 17.5 Å². The summed E-state index contributed by atoms with van der Waals surface area (Å²) in [6, 6.07) is 7.84. The summed E-state index contributed by atoms with van der Waals surface area (Å²) in [4.78, 5) is 22.3. The highest BCUT2D eigenvalue weighted by Gasteiger charge is 2.18. The highest BCUT2D eigenvalue weighted by atomic mass is 16.5. The van der Waals surface area contributed by atoms with Gasteiger partial charge in [-0.2, -0.15) is 0 Å². The molecule has 0 amide bonds. The summed E-state index contributed by atoms with van der Waals surface area (Å²) in [5.41, 5.74) is 3.17. The lowest BCUT2D eigenvalue weighted by Gasteiger charge is -2.21. The van der Waals surface area contributed by atoms with Gasteiger partial charge < -0.3 is 9.47 Å². The molecule has 124 valence electrons. The van der Waals surface area contributed by atoms with E-state index in [-0.39, 0.29) is 12.5 Å². The Hall–Kier alpha value is -2.88. The van der Waals surface area contributed by atoms with Crippen LogP contribution >= 0.6 is 0 Å². The van der Waals surface area contributed by atoms with Gasteiger partial charge >= 0.3 is 11.9 Å². The maximum Gasteiger partial charge on any atom is 0.335 e. The molecule has 1 aliphatic rings. The van der Waals surface area contributed by atoms with E-state index in [1.807, 2.05) is 36.4 Å². The molecule has 0 bridgehead atoms. The van der Waals surface area contributed by atoms with Crippen molar-refractivity contribution in [2.45, 2.75) is 20.0 Å². The minimum absolute atomic E-state index is 0.224. The van der Waals surface area contributed by atoms with Gasteiger partial charge in [0.05, 0.1) is 0 Å². The Morgan fingerprint density at radius 2 is 1.79 bits per heavy atom. The number of allylic oxidation sites excluding steroid dienone is 4. The van der Waals surface area contributed by atoms with Crippen LogP contribution in [0.15, 0.2) is 67.5 Å². The van der Waals surface area contributed by atoms with Crippen LogP contribution in [0.3, 0.4) is 0 Å². The van der Waals surface area contributed by atoms with Crippen LogP contribution < -0.4 is 0 Å². The molecular formula is C20H20O4. The standard InChI is InChI=1S/C20H20O4/c1-4-19(21)23-13-15-6-8-16(9-7-15)18-11-10-17(12-14(18)3)24-20(22)5-2/h4-11,14H,1-2,12-13H2,3H3. The van der Waals surface area contributed by atoms with Gasteiger partial charge in [-0.25, -0.2) is 9.59 Å². The van der Waals surface area contributed by atoms with E-state index in [2.05, 4.69) is 20.1 Å². The lowest BCUT2D eigenvalue weighted by atomic mass is 9.87. The molecule has 0 saturated carbocycles. The number of benzene rings is 1. The Labute approximate surface area is 141 Å². The van der Waals surface area contributed by atoms with Crippen LogP contribution in [0.1, 0.15) is 24.5 Å². The molecule has 0 N–H and O–H groups in total. The van der Waals surface area contributed by atoms with E-state index in [0.717, 1.165) is 23.3 Å². The van der Waals surface area contributed by atoms with Gasteiger partial charge in [0.25, 0.3) is 0 Å². The summed E-state index contributed by atoms with van der Waals surface area (Å²) < 4.78 is 10.2. The number of hydrogen-bond acceptors (Lipinski definition) is 4. The number of carbonyl (C=O) groups excluding carboxylic acids is 2. The van der Waals surface area contributed by atoms with E-state index in [9.17, 15) is 9.59 Å². The molecule has 4 heteroatoms. The molecule has 0 spiro atoms. The fourth-order valence-electron chi connectivity index (χ4n) is 2.46. The molecule has 1 aliphatic carbocycles. The van der Waals surface area contributed by atoms with Crippen LogP contribution in [0.2, 0.25) is 0 Å². The summed E-state index contributed by atoms with van der Waals surface area (Å²) in [5.74, 6) is -0.00526. The zero-order chi connectivity index (χ0) is 17.5. The van der Waals surface area contributed by atoms with E-state index >= 15 is 0 Å². The van der Waals surface area contributed by atoms with Gasteiger partial charge in [0.1, 0.15) is 12.4 Å². The summed E-state index contributed by atoms with van der Waals surface area (Å²) >= 11 is 0. The number of esters is 2. The van der Waals surface area contributed by atoms with E-state index in [1.165, 1.54) is 5.57 Å². The van der Waals surface area contributed by atoms with Gasteiger partial charge in [0.15, 0.2) is 0 Å². The van der Waals surface area contributed by atoms with Crippen molar-refractivity contribution in [1.82, 2.24) is 0 Å². The average Bonchev–Trinajstić information content (AvgIpc) is 2.60. The summed E-state index contributed by atoms with van der Waals surface area (Å²) in [6.07, 6.45) is 6.74. The normalized spacial score (nSPS) is 16.5. The average molecular weight is 324 g/mol. The molecule has 0 fully saturated rings. The van der Waals surface area contributed by atoms with Gasteiger partial charge in [0.2, 0.25) is 0 Å². The fourth-order valence-corrected chi connectivity index (χ4v) is 2.46. The van der Waals surface area contributed by atoms with Gasteiger partial charge in [-0.1, -0.05) is 50.4 Å². The second kappa shape index (κ2) is 8.11. The highest BCUT2D eigenvalue weighted by Crippen LogP contribution is 2.32. The van der Waals surface area contributed by atoms with Crippen molar-refractivity contribution in [2.75, 3.05) is 0 Å². The molecular weight excluding hydrogens is 304 g/mol. The van der Waals surface area contributed by atoms with Crippen LogP contribution in [0, 0.1) is 5.92 Å². The summed E-state index contributed by atoms with van der Waals surface area (Å²) in [6.45, 7) is 9.06. The smallest absolute Gasteiger partial charge is 0.335 e. The molecule has 0 saturated heterocycles. The van der Waals surface area contributed by atoms with E-state index in [4.69, 9.17) is 9.47 Å². The lowest BCUT2D eigenvalue weighted by molar-refractivity contribution is -0.139. The minimum Gasteiger partial charge on any atom is -0.458 e. The van der Waals surface area contributed by atoms with Gasteiger partial charge in [-0.05, 0) is 28.7 Å².